The Hall–Kier alpha value is -1.10. The molecule has 0 spiro atoms. The Morgan fingerprint density at radius 2 is 2.29 bits per heavy atom. The Balaban J connectivity index is 2.33. The van der Waals surface area contributed by atoms with E-state index in [4.69, 9.17) is 5.11 Å². The first-order chi connectivity index (χ1) is 8.13. The van der Waals surface area contributed by atoms with Crippen molar-refractivity contribution in [2.24, 2.45) is 5.92 Å². The van der Waals surface area contributed by atoms with Gasteiger partial charge < -0.3 is 15.7 Å². The van der Waals surface area contributed by atoms with E-state index < -0.39 is 12.0 Å². The van der Waals surface area contributed by atoms with Gasteiger partial charge in [0, 0.05) is 6.42 Å². The van der Waals surface area contributed by atoms with E-state index in [-0.39, 0.29) is 5.91 Å². The van der Waals surface area contributed by atoms with Gasteiger partial charge in [-0.1, -0.05) is 13.3 Å². The van der Waals surface area contributed by atoms with Crippen LogP contribution in [0.2, 0.25) is 0 Å². The first-order valence-corrected chi connectivity index (χ1v) is 6.36. The Kier molecular flexibility index (Phi) is 5.97. The number of carboxylic acids is 1. The molecule has 98 valence electrons. The standard InChI is InChI=1S/C12H22N2O3/c1-2-4-10(12(16)17)14-11(15)7-9-5-3-6-13-8-9/h9-10,13H,2-8H2,1H3,(H,14,15)(H,16,17)/t9?,10-/m0/s1. The number of aliphatic carboxylic acids is 1. The topological polar surface area (TPSA) is 78.4 Å². The lowest BCUT2D eigenvalue weighted by Gasteiger charge is -2.23. The summed E-state index contributed by atoms with van der Waals surface area (Å²) in [6.07, 6.45) is 3.81. The van der Waals surface area contributed by atoms with Crippen LogP contribution in [-0.2, 0) is 9.59 Å². The summed E-state index contributed by atoms with van der Waals surface area (Å²) in [5, 5.41) is 14.8. The third-order valence-corrected chi connectivity index (χ3v) is 3.08. The van der Waals surface area contributed by atoms with E-state index in [1.54, 1.807) is 0 Å². The second-order valence-electron chi connectivity index (χ2n) is 4.66. The fourth-order valence-electron chi connectivity index (χ4n) is 2.16. The maximum atomic E-state index is 11.7. The number of carbonyl (C=O) groups is 2. The minimum Gasteiger partial charge on any atom is -0.480 e. The molecule has 2 atom stereocenters. The smallest absolute Gasteiger partial charge is 0.326 e. The molecule has 3 N–H and O–H groups in total. The second kappa shape index (κ2) is 7.27. The highest BCUT2D eigenvalue weighted by atomic mass is 16.4. The van der Waals surface area contributed by atoms with Crippen molar-refractivity contribution in [1.82, 2.24) is 10.6 Å². The summed E-state index contributed by atoms with van der Waals surface area (Å²) in [6.45, 7) is 3.79. The van der Waals surface area contributed by atoms with Crippen LogP contribution in [0.4, 0.5) is 0 Å². The zero-order valence-corrected chi connectivity index (χ0v) is 10.4. The van der Waals surface area contributed by atoms with Gasteiger partial charge in [0.2, 0.25) is 5.91 Å². The number of hydrogen-bond donors (Lipinski definition) is 3. The molecule has 0 aromatic carbocycles. The van der Waals surface area contributed by atoms with Crippen LogP contribution < -0.4 is 10.6 Å². The van der Waals surface area contributed by atoms with E-state index in [1.807, 2.05) is 6.92 Å². The average Bonchev–Trinajstić information content (AvgIpc) is 2.29. The molecular formula is C12H22N2O3. The van der Waals surface area contributed by atoms with Gasteiger partial charge >= 0.3 is 5.97 Å². The molecule has 0 saturated carbocycles. The van der Waals surface area contributed by atoms with Gasteiger partial charge in [-0.05, 0) is 38.3 Å². The molecule has 5 nitrogen and oxygen atoms in total. The predicted molar refractivity (Wildman–Crippen MR) is 64.7 cm³/mol. The molecule has 1 heterocycles. The Labute approximate surface area is 102 Å². The molecule has 0 aliphatic carbocycles. The maximum absolute atomic E-state index is 11.7. The summed E-state index contributed by atoms with van der Waals surface area (Å²) in [6, 6.07) is -0.732. The molecule has 1 rings (SSSR count). The lowest BCUT2D eigenvalue weighted by atomic mass is 9.95. The molecule has 0 aromatic rings. The van der Waals surface area contributed by atoms with Gasteiger partial charge in [-0.15, -0.1) is 0 Å². The van der Waals surface area contributed by atoms with Crippen LogP contribution >= 0.6 is 0 Å². The molecule has 5 heteroatoms. The third kappa shape index (κ3) is 5.17. The molecular weight excluding hydrogens is 220 g/mol. The van der Waals surface area contributed by atoms with Gasteiger partial charge in [0.1, 0.15) is 6.04 Å². The zero-order chi connectivity index (χ0) is 12.7. The summed E-state index contributed by atoms with van der Waals surface area (Å²) < 4.78 is 0. The Bertz CT molecular complexity index is 262. The van der Waals surface area contributed by atoms with Gasteiger partial charge in [-0.2, -0.15) is 0 Å². The normalized spacial score (nSPS) is 21.8. The lowest BCUT2D eigenvalue weighted by molar-refractivity contribution is -0.142. The van der Waals surface area contributed by atoms with Crippen LogP contribution in [0.5, 0.6) is 0 Å². The predicted octanol–water partition coefficient (Wildman–Crippen LogP) is 0.746. The number of nitrogens with one attached hydrogen (secondary N) is 2. The number of hydrogen-bond acceptors (Lipinski definition) is 3. The van der Waals surface area contributed by atoms with Crippen LogP contribution in [0.1, 0.15) is 39.0 Å². The fourth-order valence-corrected chi connectivity index (χ4v) is 2.16. The molecule has 1 aliphatic rings. The van der Waals surface area contributed by atoms with Gasteiger partial charge in [0.25, 0.3) is 0 Å². The molecule has 1 amide bonds. The van der Waals surface area contributed by atoms with Gasteiger partial charge in [0.05, 0.1) is 0 Å². The van der Waals surface area contributed by atoms with Crippen molar-refractivity contribution in [3.05, 3.63) is 0 Å². The first kappa shape index (κ1) is 14.0. The van der Waals surface area contributed by atoms with Gasteiger partial charge in [-0.25, -0.2) is 4.79 Å². The molecule has 1 aliphatic heterocycles. The minimum absolute atomic E-state index is 0.139. The number of rotatable bonds is 6. The van der Waals surface area contributed by atoms with Gasteiger partial charge in [-0.3, -0.25) is 4.79 Å². The van der Waals surface area contributed by atoms with E-state index in [1.165, 1.54) is 0 Å². The summed E-state index contributed by atoms with van der Waals surface area (Å²) in [5.41, 5.74) is 0. The van der Waals surface area contributed by atoms with Crippen molar-refractivity contribution in [3.63, 3.8) is 0 Å². The highest BCUT2D eigenvalue weighted by molar-refractivity contribution is 5.83. The van der Waals surface area contributed by atoms with E-state index in [0.29, 0.717) is 18.8 Å². The van der Waals surface area contributed by atoms with Crippen molar-refractivity contribution in [2.75, 3.05) is 13.1 Å². The maximum Gasteiger partial charge on any atom is 0.326 e. The van der Waals surface area contributed by atoms with Crippen molar-refractivity contribution >= 4 is 11.9 Å². The summed E-state index contributed by atoms with van der Waals surface area (Å²) in [7, 11) is 0. The number of carbonyl (C=O) groups excluding carboxylic acids is 1. The summed E-state index contributed by atoms with van der Waals surface area (Å²) in [5.74, 6) is -0.735. The minimum atomic E-state index is -0.943. The van der Waals surface area contributed by atoms with E-state index in [2.05, 4.69) is 10.6 Å². The van der Waals surface area contributed by atoms with Crippen LogP contribution in [0, 0.1) is 5.92 Å². The van der Waals surface area contributed by atoms with Crippen molar-refractivity contribution in [3.8, 4) is 0 Å². The molecule has 1 fully saturated rings. The molecule has 0 aromatic heterocycles. The Morgan fingerprint density at radius 1 is 1.53 bits per heavy atom. The van der Waals surface area contributed by atoms with E-state index in [0.717, 1.165) is 32.4 Å². The highest BCUT2D eigenvalue weighted by Gasteiger charge is 2.21. The van der Waals surface area contributed by atoms with Crippen LogP contribution in [0.15, 0.2) is 0 Å². The number of amides is 1. The van der Waals surface area contributed by atoms with Crippen LogP contribution in [0.25, 0.3) is 0 Å². The van der Waals surface area contributed by atoms with Crippen LogP contribution in [0.3, 0.4) is 0 Å². The highest BCUT2D eigenvalue weighted by Crippen LogP contribution is 2.13. The zero-order valence-electron chi connectivity index (χ0n) is 10.4. The quantitative estimate of drug-likeness (QED) is 0.642. The monoisotopic (exact) mass is 242 g/mol. The molecule has 1 saturated heterocycles. The Morgan fingerprint density at radius 3 is 2.82 bits per heavy atom. The van der Waals surface area contributed by atoms with Crippen molar-refractivity contribution < 1.29 is 14.7 Å². The third-order valence-electron chi connectivity index (χ3n) is 3.08. The molecule has 17 heavy (non-hydrogen) atoms. The largest absolute Gasteiger partial charge is 0.480 e. The molecule has 0 radical (unpaired) electrons. The lowest BCUT2D eigenvalue weighted by Crippen LogP contribution is -2.42. The SMILES string of the molecule is CCC[C@H](NC(=O)CC1CCCNC1)C(=O)O. The number of carboxylic acid groups (broad SMARTS) is 1. The number of piperidine rings is 1. The fraction of sp³-hybridized carbons (Fsp3) is 0.833. The van der Waals surface area contributed by atoms with E-state index >= 15 is 0 Å². The van der Waals surface area contributed by atoms with Crippen LogP contribution in [-0.4, -0.2) is 36.1 Å². The van der Waals surface area contributed by atoms with Crippen molar-refractivity contribution in [1.29, 1.82) is 0 Å². The average molecular weight is 242 g/mol. The van der Waals surface area contributed by atoms with Crippen molar-refractivity contribution in [2.45, 2.75) is 45.1 Å². The molecule has 0 bridgehead atoms. The van der Waals surface area contributed by atoms with Gasteiger partial charge in [0.15, 0.2) is 0 Å². The van der Waals surface area contributed by atoms with E-state index in [9.17, 15) is 9.59 Å². The second-order valence-corrected chi connectivity index (χ2v) is 4.66. The first-order valence-electron chi connectivity index (χ1n) is 6.36. The summed E-state index contributed by atoms with van der Waals surface area (Å²) in [4.78, 5) is 22.6. The summed E-state index contributed by atoms with van der Waals surface area (Å²) >= 11 is 0. The molecule has 1 unspecified atom stereocenters.